The molecule has 6 nitrogen and oxygen atoms in total. The molecule has 0 radical (unpaired) electrons. The van der Waals surface area contributed by atoms with Crippen LogP contribution in [0.5, 0.6) is 0 Å². The van der Waals surface area contributed by atoms with Crippen molar-refractivity contribution < 1.29 is 0 Å². The quantitative estimate of drug-likeness (QED) is 0.588. The van der Waals surface area contributed by atoms with E-state index in [1.54, 1.807) is 10.9 Å². The molecule has 0 aliphatic heterocycles. The van der Waals surface area contributed by atoms with Gasteiger partial charge in [-0.1, -0.05) is 18.2 Å². The highest BCUT2D eigenvalue weighted by Crippen LogP contribution is 2.21. The van der Waals surface area contributed by atoms with Crippen LogP contribution < -0.4 is 5.32 Å². The lowest BCUT2D eigenvalue weighted by Crippen LogP contribution is -1.99. The van der Waals surface area contributed by atoms with Gasteiger partial charge in [0.25, 0.3) is 0 Å². The molecule has 3 heterocycles. The highest BCUT2D eigenvalue weighted by atomic mass is 15.2. The Balaban J connectivity index is 1.41. The molecule has 124 valence electrons. The summed E-state index contributed by atoms with van der Waals surface area (Å²) in [5, 5.41) is 15.0. The summed E-state index contributed by atoms with van der Waals surface area (Å²) in [6, 6.07) is 16.1. The Bertz CT molecular complexity index is 953. The van der Waals surface area contributed by atoms with Crippen LogP contribution in [0, 0.1) is 0 Å². The smallest absolute Gasteiger partial charge is 0.111 e. The number of aromatic nitrogens is 5. The summed E-state index contributed by atoms with van der Waals surface area (Å²) in [5.74, 6) is 0. The highest BCUT2D eigenvalue weighted by Gasteiger charge is 2.05. The second-order valence-electron chi connectivity index (χ2n) is 5.83. The summed E-state index contributed by atoms with van der Waals surface area (Å²) in [6.45, 7) is 0.673. The fourth-order valence-corrected chi connectivity index (χ4v) is 2.65. The Kier molecular flexibility index (Phi) is 4.00. The van der Waals surface area contributed by atoms with Gasteiger partial charge in [0.2, 0.25) is 0 Å². The molecule has 6 heteroatoms. The van der Waals surface area contributed by atoms with E-state index in [1.807, 2.05) is 43.7 Å². The Hall–Kier alpha value is -3.41. The number of aryl methyl sites for hydroxylation is 1. The summed E-state index contributed by atoms with van der Waals surface area (Å²) in [5.41, 5.74) is 6.05. The third-order valence-corrected chi connectivity index (χ3v) is 3.96. The highest BCUT2D eigenvalue weighted by molar-refractivity contribution is 5.64. The van der Waals surface area contributed by atoms with Crippen LogP contribution >= 0.6 is 0 Å². The van der Waals surface area contributed by atoms with E-state index in [2.05, 4.69) is 49.9 Å². The zero-order valence-electron chi connectivity index (χ0n) is 13.8. The van der Waals surface area contributed by atoms with Gasteiger partial charge in [-0.05, 0) is 35.9 Å². The summed E-state index contributed by atoms with van der Waals surface area (Å²) in [6.07, 6.45) is 5.64. The van der Waals surface area contributed by atoms with E-state index in [0.717, 1.165) is 33.9 Å². The zero-order chi connectivity index (χ0) is 17.1. The molecular weight excluding hydrogens is 312 g/mol. The van der Waals surface area contributed by atoms with Gasteiger partial charge in [0.15, 0.2) is 0 Å². The summed E-state index contributed by atoms with van der Waals surface area (Å²) < 4.78 is 1.80. The largest absolute Gasteiger partial charge is 0.379 e. The minimum absolute atomic E-state index is 0.673. The van der Waals surface area contributed by atoms with Gasteiger partial charge in [-0.2, -0.15) is 10.2 Å². The van der Waals surface area contributed by atoms with Gasteiger partial charge in [-0.15, -0.1) is 0 Å². The van der Waals surface area contributed by atoms with E-state index in [0.29, 0.717) is 6.54 Å². The number of nitrogens with zero attached hydrogens (tertiary/aromatic N) is 4. The number of hydrogen-bond donors (Lipinski definition) is 2. The molecule has 0 amide bonds. The molecule has 0 saturated heterocycles. The van der Waals surface area contributed by atoms with Crippen molar-refractivity contribution in [2.75, 3.05) is 5.32 Å². The molecule has 4 aromatic rings. The van der Waals surface area contributed by atoms with Crippen molar-refractivity contribution in [3.05, 3.63) is 72.8 Å². The van der Waals surface area contributed by atoms with Crippen molar-refractivity contribution in [2.24, 2.45) is 7.05 Å². The SMILES string of the molecule is Cn1cc(-c2ccc(NCc3cc(-c4ccccn4)n[nH]3)cc2)cn1. The molecule has 0 fully saturated rings. The number of H-pyrrole nitrogens is 1. The van der Waals surface area contributed by atoms with Crippen LogP contribution in [0.25, 0.3) is 22.5 Å². The fraction of sp³-hybridized carbons (Fsp3) is 0.105. The number of benzene rings is 1. The lowest BCUT2D eigenvalue weighted by molar-refractivity contribution is 0.768. The first-order valence-electron chi connectivity index (χ1n) is 8.06. The van der Waals surface area contributed by atoms with Crippen molar-refractivity contribution in [3.63, 3.8) is 0 Å². The standard InChI is InChI=1S/C19H18N6/c1-25-13-15(11-22-25)14-5-7-16(8-6-14)21-12-17-10-19(24-23-17)18-4-2-3-9-20-18/h2-11,13,21H,12H2,1H3,(H,23,24). The van der Waals surface area contributed by atoms with Crippen LogP contribution in [-0.4, -0.2) is 25.0 Å². The Morgan fingerprint density at radius 2 is 1.92 bits per heavy atom. The third-order valence-electron chi connectivity index (χ3n) is 3.96. The van der Waals surface area contributed by atoms with E-state index in [9.17, 15) is 0 Å². The summed E-state index contributed by atoms with van der Waals surface area (Å²) in [4.78, 5) is 4.31. The maximum absolute atomic E-state index is 4.32. The minimum atomic E-state index is 0.673. The molecule has 1 aromatic carbocycles. The average molecular weight is 330 g/mol. The van der Waals surface area contributed by atoms with Gasteiger partial charge < -0.3 is 5.32 Å². The predicted octanol–water partition coefficient (Wildman–Crippen LogP) is 3.48. The van der Waals surface area contributed by atoms with Crippen molar-refractivity contribution in [2.45, 2.75) is 6.54 Å². The maximum atomic E-state index is 4.32. The topological polar surface area (TPSA) is 71.4 Å². The van der Waals surface area contributed by atoms with Crippen molar-refractivity contribution >= 4 is 5.69 Å². The normalized spacial score (nSPS) is 10.8. The van der Waals surface area contributed by atoms with Crippen LogP contribution in [0.15, 0.2) is 67.1 Å². The summed E-state index contributed by atoms with van der Waals surface area (Å²) in [7, 11) is 1.92. The van der Waals surface area contributed by atoms with Gasteiger partial charge in [0.05, 0.1) is 24.1 Å². The molecule has 25 heavy (non-hydrogen) atoms. The van der Waals surface area contributed by atoms with E-state index in [4.69, 9.17) is 0 Å². The number of aromatic amines is 1. The number of anilines is 1. The molecule has 4 rings (SSSR count). The molecule has 0 aliphatic carbocycles. The fourth-order valence-electron chi connectivity index (χ4n) is 2.65. The van der Waals surface area contributed by atoms with E-state index in [1.165, 1.54) is 0 Å². The minimum Gasteiger partial charge on any atom is -0.379 e. The van der Waals surface area contributed by atoms with Gasteiger partial charge in [0, 0.05) is 30.7 Å². The molecule has 0 bridgehead atoms. The Morgan fingerprint density at radius 1 is 1.04 bits per heavy atom. The van der Waals surface area contributed by atoms with Crippen LogP contribution in [0.4, 0.5) is 5.69 Å². The van der Waals surface area contributed by atoms with Gasteiger partial charge >= 0.3 is 0 Å². The van der Waals surface area contributed by atoms with Crippen molar-refractivity contribution in [1.82, 2.24) is 25.0 Å². The van der Waals surface area contributed by atoms with Gasteiger partial charge in [-0.3, -0.25) is 14.8 Å². The number of rotatable bonds is 5. The summed E-state index contributed by atoms with van der Waals surface area (Å²) >= 11 is 0. The molecule has 0 atom stereocenters. The number of hydrogen-bond acceptors (Lipinski definition) is 4. The van der Waals surface area contributed by atoms with Crippen LogP contribution in [0.3, 0.4) is 0 Å². The first kappa shape index (κ1) is 15.1. The lowest BCUT2D eigenvalue weighted by Gasteiger charge is -2.05. The van der Waals surface area contributed by atoms with Crippen LogP contribution in [0.2, 0.25) is 0 Å². The second-order valence-corrected chi connectivity index (χ2v) is 5.83. The van der Waals surface area contributed by atoms with E-state index in [-0.39, 0.29) is 0 Å². The van der Waals surface area contributed by atoms with E-state index < -0.39 is 0 Å². The van der Waals surface area contributed by atoms with Crippen molar-refractivity contribution in [1.29, 1.82) is 0 Å². The molecule has 0 unspecified atom stereocenters. The Morgan fingerprint density at radius 3 is 2.64 bits per heavy atom. The van der Waals surface area contributed by atoms with Gasteiger partial charge in [-0.25, -0.2) is 0 Å². The first-order valence-corrected chi connectivity index (χ1v) is 8.06. The van der Waals surface area contributed by atoms with Crippen LogP contribution in [-0.2, 0) is 13.6 Å². The monoisotopic (exact) mass is 330 g/mol. The third kappa shape index (κ3) is 3.42. The molecular formula is C19H18N6. The molecule has 0 spiro atoms. The first-order chi connectivity index (χ1) is 12.3. The van der Waals surface area contributed by atoms with Crippen LogP contribution in [0.1, 0.15) is 5.69 Å². The maximum Gasteiger partial charge on any atom is 0.111 e. The molecule has 0 saturated carbocycles. The second kappa shape index (κ2) is 6.60. The average Bonchev–Trinajstić information content (AvgIpc) is 3.30. The molecule has 3 aromatic heterocycles. The Labute approximate surface area is 145 Å². The van der Waals surface area contributed by atoms with Crippen molar-refractivity contribution in [3.8, 4) is 22.5 Å². The predicted molar refractivity (Wildman–Crippen MR) is 97.8 cm³/mol. The van der Waals surface area contributed by atoms with E-state index >= 15 is 0 Å². The number of pyridine rings is 1. The molecule has 2 N–H and O–H groups in total. The molecule has 0 aliphatic rings. The zero-order valence-corrected chi connectivity index (χ0v) is 13.8. The lowest BCUT2D eigenvalue weighted by atomic mass is 10.1. The number of nitrogens with one attached hydrogen (secondary N) is 2. The van der Waals surface area contributed by atoms with Gasteiger partial charge in [0.1, 0.15) is 5.69 Å².